The Kier molecular flexibility index (Phi) is 7.98. The van der Waals surface area contributed by atoms with Crippen LogP contribution in [0.1, 0.15) is 61.4 Å². The predicted molar refractivity (Wildman–Crippen MR) is 106 cm³/mol. The highest BCUT2D eigenvalue weighted by molar-refractivity contribution is 7.89. The second-order valence-electron chi connectivity index (χ2n) is 7.23. The normalized spacial score (nSPS) is 15.7. The molecule has 1 aromatic carbocycles. The van der Waals surface area contributed by atoms with E-state index >= 15 is 0 Å². The number of ketones is 1. The number of sulfonamides is 1. The Balaban J connectivity index is 1.74. The van der Waals surface area contributed by atoms with Crippen LogP contribution in [0.2, 0.25) is 0 Å². The molecule has 0 aliphatic carbocycles. The van der Waals surface area contributed by atoms with Crippen molar-refractivity contribution in [1.29, 1.82) is 0 Å². The molecule has 7 heteroatoms. The third-order valence-corrected chi connectivity index (χ3v) is 6.42. The van der Waals surface area contributed by atoms with Crippen LogP contribution >= 0.6 is 0 Å². The number of carbonyl (C=O) groups is 2. The van der Waals surface area contributed by atoms with E-state index in [4.69, 9.17) is 0 Å². The van der Waals surface area contributed by atoms with Gasteiger partial charge < -0.3 is 4.90 Å². The second kappa shape index (κ2) is 9.99. The number of benzene rings is 1. The zero-order chi connectivity index (χ0) is 19.9. The molecule has 0 spiro atoms. The molecule has 1 aliphatic rings. The van der Waals surface area contributed by atoms with Gasteiger partial charge in [-0.15, -0.1) is 0 Å². The van der Waals surface area contributed by atoms with E-state index in [1.807, 2.05) is 26.0 Å². The number of likely N-dealkylation sites (tertiary alicyclic amines) is 1. The lowest BCUT2D eigenvalue weighted by molar-refractivity contribution is -0.132. The molecule has 27 heavy (non-hydrogen) atoms. The van der Waals surface area contributed by atoms with Gasteiger partial charge in [-0.1, -0.05) is 43.2 Å². The molecule has 1 aromatic rings. The zero-order valence-electron chi connectivity index (χ0n) is 16.2. The molecule has 0 unspecified atom stereocenters. The highest BCUT2D eigenvalue weighted by Crippen LogP contribution is 2.15. The van der Waals surface area contributed by atoms with Crippen LogP contribution in [0, 0.1) is 6.92 Å². The monoisotopic (exact) mass is 394 g/mol. The summed E-state index contributed by atoms with van der Waals surface area (Å²) in [4.78, 5) is 26.3. The van der Waals surface area contributed by atoms with Crippen molar-refractivity contribution >= 4 is 21.7 Å². The predicted octanol–water partition coefficient (Wildman–Crippen LogP) is 2.67. The highest BCUT2D eigenvalue weighted by atomic mass is 32.2. The van der Waals surface area contributed by atoms with E-state index in [0.717, 1.165) is 12.0 Å². The number of nitrogens with one attached hydrogen (secondary N) is 1. The van der Waals surface area contributed by atoms with Crippen LogP contribution in [0.4, 0.5) is 0 Å². The fourth-order valence-corrected chi connectivity index (χ4v) is 4.69. The molecule has 0 bridgehead atoms. The summed E-state index contributed by atoms with van der Waals surface area (Å²) in [5.74, 6) is 0.0914. The Hall–Kier alpha value is -1.73. The van der Waals surface area contributed by atoms with Crippen molar-refractivity contribution in [2.75, 3.05) is 18.8 Å². The molecule has 1 saturated heterocycles. The summed E-state index contributed by atoms with van der Waals surface area (Å²) in [5, 5.41) is 0. The van der Waals surface area contributed by atoms with E-state index in [2.05, 4.69) is 4.72 Å². The molecule has 1 fully saturated rings. The maximum Gasteiger partial charge on any atom is 0.223 e. The maximum atomic E-state index is 12.4. The van der Waals surface area contributed by atoms with Gasteiger partial charge in [0.05, 0.1) is 5.75 Å². The molecular formula is C20H30N2O4S. The van der Waals surface area contributed by atoms with Gasteiger partial charge in [0, 0.05) is 37.5 Å². The van der Waals surface area contributed by atoms with E-state index in [9.17, 15) is 18.0 Å². The maximum absolute atomic E-state index is 12.4. The summed E-state index contributed by atoms with van der Waals surface area (Å²) in [7, 11) is -3.23. The largest absolute Gasteiger partial charge is 0.343 e. The summed E-state index contributed by atoms with van der Waals surface area (Å²) in [6.07, 6.45) is 3.12. The van der Waals surface area contributed by atoms with Gasteiger partial charge in [-0.05, 0) is 26.2 Å². The number of unbranched alkanes of at least 4 members (excludes halogenated alkanes) is 1. The van der Waals surface area contributed by atoms with Crippen LogP contribution in [0.15, 0.2) is 24.3 Å². The van der Waals surface area contributed by atoms with Gasteiger partial charge in [0.1, 0.15) is 0 Å². The third-order valence-electron chi connectivity index (χ3n) is 4.90. The number of carbonyl (C=O) groups excluding carboxylic acids is 2. The molecule has 150 valence electrons. The Bertz CT molecular complexity index is 736. The quantitative estimate of drug-likeness (QED) is 0.653. The zero-order valence-corrected chi connectivity index (χ0v) is 17.1. The van der Waals surface area contributed by atoms with Crippen molar-refractivity contribution in [3.63, 3.8) is 0 Å². The van der Waals surface area contributed by atoms with Gasteiger partial charge >= 0.3 is 0 Å². The summed E-state index contributed by atoms with van der Waals surface area (Å²) in [6.45, 7) is 4.98. The van der Waals surface area contributed by atoms with Gasteiger partial charge in [0.15, 0.2) is 5.78 Å². The van der Waals surface area contributed by atoms with Crippen LogP contribution in [-0.2, 0) is 14.8 Å². The number of rotatable bonds is 9. The number of hydrogen-bond donors (Lipinski definition) is 1. The Morgan fingerprint density at radius 3 is 2.33 bits per heavy atom. The summed E-state index contributed by atoms with van der Waals surface area (Å²) >= 11 is 0. The first-order valence-electron chi connectivity index (χ1n) is 9.68. The van der Waals surface area contributed by atoms with Gasteiger partial charge in [-0.25, -0.2) is 13.1 Å². The first kappa shape index (κ1) is 21.6. The van der Waals surface area contributed by atoms with Gasteiger partial charge in [-0.2, -0.15) is 0 Å². The number of aryl methyl sites for hydroxylation is 1. The van der Waals surface area contributed by atoms with Crippen LogP contribution in [0.3, 0.4) is 0 Å². The van der Waals surface area contributed by atoms with E-state index in [1.54, 1.807) is 17.0 Å². The summed E-state index contributed by atoms with van der Waals surface area (Å²) in [5.41, 5.74) is 1.73. The molecule has 1 heterocycles. The molecule has 6 nitrogen and oxygen atoms in total. The van der Waals surface area contributed by atoms with Crippen LogP contribution in [0.5, 0.6) is 0 Å². The van der Waals surface area contributed by atoms with Gasteiger partial charge in [0.2, 0.25) is 15.9 Å². The summed E-state index contributed by atoms with van der Waals surface area (Å²) < 4.78 is 26.7. The molecule has 2 rings (SSSR count). The van der Waals surface area contributed by atoms with Crippen molar-refractivity contribution in [1.82, 2.24) is 9.62 Å². The lowest BCUT2D eigenvalue weighted by Crippen LogP contribution is -2.47. The molecule has 0 saturated carbocycles. The Labute approximate surface area is 162 Å². The minimum absolute atomic E-state index is 0.0260. The summed E-state index contributed by atoms with van der Waals surface area (Å²) in [6, 6.07) is 7.25. The Morgan fingerprint density at radius 2 is 1.74 bits per heavy atom. The number of Topliss-reactive ketones (excluding diaryl/α,β-unsaturated/α-hetero) is 1. The van der Waals surface area contributed by atoms with Crippen molar-refractivity contribution in [3.8, 4) is 0 Å². The Morgan fingerprint density at radius 1 is 1.11 bits per heavy atom. The van der Waals surface area contributed by atoms with Gasteiger partial charge in [0.25, 0.3) is 0 Å². The minimum atomic E-state index is -3.23. The van der Waals surface area contributed by atoms with Crippen LogP contribution in [0.25, 0.3) is 0 Å². The average molecular weight is 395 g/mol. The smallest absolute Gasteiger partial charge is 0.223 e. The topological polar surface area (TPSA) is 83.6 Å². The molecule has 1 N–H and O–H groups in total. The molecule has 0 radical (unpaired) electrons. The minimum Gasteiger partial charge on any atom is -0.343 e. The van der Waals surface area contributed by atoms with E-state index in [-0.39, 0.29) is 36.3 Å². The molecule has 0 atom stereocenters. The lowest BCUT2D eigenvalue weighted by atomic mass is 10.0. The van der Waals surface area contributed by atoms with E-state index in [1.165, 1.54) is 0 Å². The van der Waals surface area contributed by atoms with Crippen molar-refractivity contribution in [2.24, 2.45) is 0 Å². The number of nitrogens with zero attached hydrogens (tertiary/aromatic N) is 1. The molecule has 1 aliphatic heterocycles. The first-order chi connectivity index (χ1) is 12.8. The van der Waals surface area contributed by atoms with Crippen molar-refractivity contribution in [3.05, 3.63) is 35.4 Å². The average Bonchev–Trinajstić information content (AvgIpc) is 2.65. The number of hydrogen-bond acceptors (Lipinski definition) is 4. The molecule has 0 aromatic heterocycles. The SMILES string of the molecule is CCCCS(=O)(=O)NC1CCN(C(=O)CCC(=O)c2ccc(C)cc2)CC1. The van der Waals surface area contributed by atoms with E-state index < -0.39 is 10.0 Å². The fraction of sp³-hybridized carbons (Fsp3) is 0.600. The standard InChI is InChI=1S/C20H30N2O4S/c1-3-4-15-27(25,26)21-18-11-13-22(14-12-18)20(24)10-9-19(23)17-7-5-16(2)6-8-17/h5-8,18,21H,3-4,9-15H2,1-2H3. The second-order valence-corrected chi connectivity index (χ2v) is 9.11. The highest BCUT2D eigenvalue weighted by Gasteiger charge is 2.25. The van der Waals surface area contributed by atoms with Gasteiger partial charge in [-0.3, -0.25) is 9.59 Å². The van der Waals surface area contributed by atoms with Crippen LogP contribution in [-0.4, -0.2) is 49.9 Å². The molecular weight excluding hydrogens is 364 g/mol. The molecule has 1 amide bonds. The number of amides is 1. The lowest BCUT2D eigenvalue weighted by Gasteiger charge is -2.32. The third kappa shape index (κ3) is 7.07. The first-order valence-corrected chi connectivity index (χ1v) is 11.3. The number of piperidine rings is 1. The van der Waals surface area contributed by atoms with E-state index in [0.29, 0.717) is 37.9 Å². The fourth-order valence-electron chi connectivity index (χ4n) is 3.16. The van der Waals surface area contributed by atoms with Crippen molar-refractivity contribution < 1.29 is 18.0 Å². The van der Waals surface area contributed by atoms with Crippen LogP contribution < -0.4 is 4.72 Å². The van der Waals surface area contributed by atoms with Crippen molar-refractivity contribution in [2.45, 2.75) is 58.4 Å².